The molecule has 0 spiro atoms. The number of rotatable bonds is 10. The maximum absolute atomic E-state index is 15.2. The van der Waals surface area contributed by atoms with Crippen LogP contribution in [0.4, 0.5) is 14.5 Å². The highest BCUT2D eigenvalue weighted by atomic mass is 19.1. The van der Waals surface area contributed by atoms with Crippen LogP contribution in [-0.4, -0.2) is 68.8 Å². The van der Waals surface area contributed by atoms with E-state index in [1.54, 1.807) is 24.7 Å². The summed E-state index contributed by atoms with van der Waals surface area (Å²) in [7, 11) is 3.98. The first-order valence-electron chi connectivity index (χ1n) is 13.8. The Hall–Kier alpha value is -4.74. The zero-order valence-electron chi connectivity index (χ0n) is 23.6. The Bertz CT molecular complexity index is 1880. The van der Waals surface area contributed by atoms with E-state index in [0.717, 1.165) is 24.2 Å². The van der Waals surface area contributed by atoms with E-state index in [9.17, 15) is 4.39 Å². The summed E-state index contributed by atoms with van der Waals surface area (Å²) in [5.74, 6) is -0.260. The van der Waals surface area contributed by atoms with Crippen molar-refractivity contribution in [3.05, 3.63) is 78.3 Å². The lowest BCUT2D eigenvalue weighted by molar-refractivity contribution is 0.425. The summed E-state index contributed by atoms with van der Waals surface area (Å²) in [6, 6.07) is 11.8. The lowest BCUT2D eigenvalue weighted by Gasteiger charge is -2.13. The number of aromatic nitrogens is 6. The molecular formula is C31H31F2N9. The molecule has 0 atom stereocenters. The molecule has 0 bridgehead atoms. The topological polar surface area (TPSA) is 110 Å². The number of H-pyrrole nitrogens is 2. The Morgan fingerprint density at radius 1 is 0.976 bits per heavy atom. The van der Waals surface area contributed by atoms with E-state index < -0.39 is 0 Å². The molecule has 0 radical (unpaired) electrons. The van der Waals surface area contributed by atoms with Crippen LogP contribution in [-0.2, 0) is 6.54 Å². The molecule has 9 nitrogen and oxygen atoms in total. The molecule has 11 heteroatoms. The number of nitrogens with one attached hydrogen (secondary N) is 4. The standard InChI is InChI=1S/C31H31F2N9/c1-4-34-15-18-9-20(17-35-16-18)24-13-25-27(14-26(24)33)40-41-29(25)31-38-28-23(5-6-37-30(28)39-31)19-10-21(32)12-22(11-19)36-7-8-42(2)3/h5-6,9-14,16-17,34,36H,4,7-8,15H2,1-3H3,(H,40,41)(H,37,38,39). The summed E-state index contributed by atoms with van der Waals surface area (Å²) in [5, 5.41) is 14.6. The van der Waals surface area contributed by atoms with Crippen LogP contribution in [0.5, 0.6) is 0 Å². The summed E-state index contributed by atoms with van der Waals surface area (Å²) in [6.45, 7) is 5.00. The maximum atomic E-state index is 15.2. The van der Waals surface area contributed by atoms with Crippen LogP contribution in [0.2, 0.25) is 0 Å². The Morgan fingerprint density at radius 2 is 1.86 bits per heavy atom. The van der Waals surface area contributed by atoms with Crippen molar-refractivity contribution in [3.8, 4) is 33.8 Å². The van der Waals surface area contributed by atoms with E-state index in [0.29, 0.717) is 69.1 Å². The van der Waals surface area contributed by atoms with Crippen LogP contribution in [0.3, 0.4) is 0 Å². The van der Waals surface area contributed by atoms with Crippen molar-refractivity contribution < 1.29 is 8.78 Å². The van der Waals surface area contributed by atoms with E-state index in [-0.39, 0.29) is 11.6 Å². The van der Waals surface area contributed by atoms with E-state index in [4.69, 9.17) is 4.98 Å². The fourth-order valence-corrected chi connectivity index (χ4v) is 4.98. The van der Waals surface area contributed by atoms with Crippen molar-refractivity contribution in [1.82, 2.24) is 40.3 Å². The molecule has 4 aromatic heterocycles. The Balaban J connectivity index is 1.39. The quantitative estimate of drug-likeness (QED) is 0.171. The number of likely N-dealkylation sites (N-methyl/N-ethyl adjacent to an activating group) is 1. The minimum absolute atomic E-state index is 0.346. The van der Waals surface area contributed by atoms with Gasteiger partial charge in [0, 0.05) is 72.1 Å². The van der Waals surface area contributed by atoms with E-state index in [1.165, 1.54) is 18.2 Å². The predicted octanol–water partition coefficient (Wildman–Crippen LogP) is 5.59. The molecule has 0 unspecified atom stereocenters. The second-order valence-corrected chi connectivity index (χ2v) is 10.4. The average molecular weight is 568 g/mol. The molecule has 0 amide bonds. The van der Waals surface area contributed by atoms with Crippen LogP contribution in [0, 0.1) is 11.6 Å². The fraction of sp³-hybridized carbons (Fsp3) is 0.226. The van der Waals surface area contributed by atoms with Gasteiger partial charge in [-0.15, -0.1) is 0 Å². The summed E-state index contributed by atoms with van der Waals surface area (Å²) in [5.41, 5.74) is 6.36. The molecule has 0 saturated heterocycles. The Kier molecular flexibility index (Phi) is 7.60. The number of benzene rings is 2. The molecule has 0 aliphatic carbocycles. The molecule has 6 aromatic rings. The van der Waals surface area contributed by atoms with Gasteiger partial charge in [0.15, 0.2) is 11.5 Å². The van der Waals surface area contributed by atoms with Gasteiger partial charge in [-0.25, -0.2) is 18.7 Å². The minimum Gasteiger partial charge on any atom is -0.384 e. The fourth-order valence-electron chi connectivity index (χ4n) is 4.98. The van der Waals surface area contributed by atoms with Gasteiger partial charge in [-0.2, -0.15) is 5.10 Å². The van der Waals surface area contributed by atoms with Gasteiger partial charge in [0.2, 0.25) is 0 Å². The summed E-state index contributed by atoms with van der Waals surface area (Å²) in [4.78, 5) is 18.8. The third kappa shape index (κ3) is 5.56. The number of anilines is 1. The largest absolute Gasteiger partial charge is 0.384 e. The molecule has 0 fully saturated rings. The zero-order chi connectivity index (χ0) is 29.2. The molecule has 0 saturated carbocycles. The highest BCUT2D eigenvalue weighted by Crippen LogP contribution is 2.34. The normalized spacial score (nSPS) is 11.7. The first kappa shape index (κ1) is 27.4. The molecule has 6 rings (SSSR count). The second kappa shape index (κ2) is 11.6. The van der Waals surface area contributed by atoms with Gasteiger partial charge in [0.25, 0.3) is 0 Å². The molecule has 42 heavy (non-hydrogen) atoms. The van der Waals surface area contributed by atoms with E-state index in [2.05, 4.69) is 40.7 Å². The summed E-state index contributed by atoms with van der Waals surface area (Å²) >= 11 is 0. The maximum Gasteiger partial charge on any atom is 0.178 e. The molecule has 2 aromatic carbocycles. The third-order valence-electron chi connectivity index (χ3n) is 7.05. The van der Waals surface area contributed by atoms with Gasteiger partial charge in [0.1, 0.15) is 17.3 Å². The highest BCUT2D eigenvalue weighted by Gasteiger charge is 2.19. The Labute approximate surface area is 241 Å². The highest BCUT2D eigenvalue weighted by molar-refractivity contribution is 5.97. The lowest BCUT2D eigenvalue weighted by atomic mass is 10.0. The average Bonchev–Trinajstić information content (AvgIpc) is 3.59. The first-order valence-corrected chi connectivity index (χ1v) is 13.8. The van der Waals surface area contributed by atoms with Crippen LogP contribution >= 0.6 is 0 Å². The summed E-state index contributed by atoms with van der Waals surface area (Å²) < 4.78 is 29.9. The first-order chi connectivity index (χ1) is 20.4. The van der Waals surface area contributed by atoms with Crippen molar-refractivity contribution in [2.75, 3.05) is 39.0 Å². The third-order valence-corrected chi connectivity index (χ3v) is 7.05. The monoisotopic (exact) mass is 567 g/mol. The van der Waals surface area contributed by atoms with Gasteiger partial charge in [0.05, 0.1) is 11.0 Å². The van der Waals surface area contributed by atoms with Gasteiger partial charge >= 0.3 is 0 Å². The number of fused-ring (bicyclic) bond motifs is 2. The smallest absolute Gasteiger partial charge is 0.178 e. The van der Waals surface area contributed by atoms with E-state index in [1.807, 2.05) is 39.2 Å². The molecule has 0 aliphatic rings. The van der Waals surface area contributed by atoms with Gasteiger partial charge < -0.3 is 20.5 Å². The summed E-state index contributed by atoms with van der Waals surface area (Å²) in [6.07, 6.45) is 5.07. The minimum atomic E-state index is -0.380. The second-order valence-electron chi connectivity index (χ2n) is 10.4. The number of aromatic amines is 2. The SMILES string of the molecule is CCNCc1cncc(-c2cc3c(-c4nc5nccc(-c6cc(F)cc(NCCN(C)C)c6)c5[nH]4)n[nH]c3cc2F)c1. The van der Waals surface area contributed by atoms with Crippen LogP contribution in [0.1, 0.15) is 12.5 Å². The molecule has 4 N–H and O–H groups in total. The lowest BCUT2D eigenvalue weighted by Crippen LogP contribution is -2.20. The van der Waals surface area contributed by atoms with Gasteiger partial charge in [-0.1, -0.05) is 6.92 Å². The van der Waals surface area contributed by atoms with Crippen molar-refractivity contribution >= 4 is 27.8 Å². The van der Waals surface area contributed by atoms with Crippen molar-refractivity contribution in [2.45, 2.75) is 13.5 Å². The number of hydrogen-bond acceptors (Lipinski definition) is 7. The van der Waals surface area contributed by atoms with Crippen LogP contribution < -0.4 is 10.6 Å². The van der Waals surface area contributed by atoms with E-state index >= 15 is 4.39 Å². The molecule has 0 aliphatic heterocycles. The van der Waals surface area contributed by atoms with Crippen molar-refractivity contribution in [3.63, 3.8) is 0 Å². The number of pyridine rings is 2. The van der Waals surface area contributed by atoms with Crippen molar-refractivity contribution in [2.24, 2.45) is 0 Å². The van der Waals surface area contributed by atoms with Crippen molar-refractivity contribution in [1.29, 1.82) is 0 Å². The zero-order valence-corrected chi connectivity index (χ0v) is 23.6. The van der Waals surface area contributed by atoms with Gasteiger partial charge in [-0.05, 0) is 68.2 Å². The Morgan fingerprint density at radius 3 is 2.69 bits per heavy atom. The molecular weight excluding hydrogens is 536 g/mol. The predicted molar refractivity (Wildman–Crippen MR) is 162 cm³/mol. The van der Waals surface area contributed by atoms with Crippen LogP contribution in [0.15, 0.2) is 61.1 Å². The van der Waals surface area contributed by atoms with Gasteiger partial charge in [-0.3, -0.25) is 10.1 Å². The molecule has 4 heterocycles. The number of nitrogens with zero attached hydrogens (tertiary/aromatic N) is 5. The number of imidazole rings is 1. The number of hydrogen-bond donors (Lipinski definition) is 4. The van der Waals surface area contributed by atoms with Crippen LogP contribution in [0.25, 0.3) is 55.8 Å². The number of halogens is 2. The molecule has 214 valence electrons.